The monoisotopic (exact) mass is 204 g/mol. The van der Waals surface area contributed by atoms with E-state index in [1.165, 1.54) is 0 Å². The highest BCUT2D eigenvalue weighted by Crippen LogP contribution is 1.99. The van der Waals surface area contributed by atoms with Crippen LogP contribution in [0.1, 0.15) is 19.3 Å². The third kappa shape index (κ3) is 7.51. The number of aliphatic carboxylic acids is 1. The van der Waals surface area contributed by atoms with Gasteiger partial charge in [0.25, 0.3) is 0 Å². The van der Waals surface area contributed by atoms with E-state index in [-0.39, 0.29) is 25.4 Å². The minimum Gasteiger partial charge on any atom is -0.480 e. The van der Waals surface area contributed by atoms with E-state index in [4.69, 9.17) is 15.9 Å². The second-order valence-electron chi connectivity index (χ2n) is 2.95. The summed E-state index contributed by atoms with van der Waals surface area (Å²) >= 11 is 0. The minimum absolute atomic E-state index is 0.177. The Morgan fingerprint density at radius 2 is 2.07 bits per heavy atom. The molecular weight excluding hydrogens is 188 g/mol. The number of aliphatic hydroxyl groups excluding tert-OH is 1. The summed E-state index contributed by atoms with van der Waals surface area (Å²) < 4.78 is 0. The van der Waals surface area contributed by atoms with Crippen molar-refractivity contribution in [2.45, 2.75) is 25.4 Å². The Balaban J connectivity index is 3.40. The van der Waals surface area contributed by atoms with E-state index < -0.39 is 12.1 Å². The van der Waals surface area contributed by atoms with Gasteiger partial charge in [-0.25, -0.2) is 0 Å². The van der Waals surface area contributed by atoms with Gasteiger partial charge >= 0.3 is 5.97 Å². The minimum atomic E-state index is -1.07. The van der Waals surface area contributed by atoms with Crippen molar-refractivity contribution in [3.8, 4) is 0 Å². The zero-order valence-electron chi connectivity index (χ0n) is 7.90. The fourth-order valence-corrected chi connectivity index (χ4v) is 0.879. The van der Waals surface area contributed by atoms with Gasteiger partial charge in [-0.05, 0) is 12.8 Å². The lowest BCUT2D eigenvalue weighted by Crippen LogP contribution is -2.29. The Kier molecular flexibility index (Phi) is 6.69. The van der Waals surface area contributed by atoms with Crippen LogP contribution in [0.5, 0.6) is 0 Å². The number of nitrogens with one attached hydrogen (secondary N) is 1. The maximum atomic E-state index is 10.9. The molecule has 1 atom stereocenters. The van der Waals surface area contributed by atoms with E-state index in [0.29, 0.717) is 12.8 Å². The second-order valence-corrected chi connectivity index (χ2v) is 2.95. The average Bonchev–Trinajstić information content (AvgIpc) is 2.14. The van der Waals surface area contributed by atoms with Crippen LogP contribution in [-0.2, 0) is 9.59 Å². The van der Waals surface area contributed by atoms with Crippen LogP contribution in [0.25, 0.3) is 0 Å². The van der Waals surface area contributed by atoms with Crippen molar-refractivity contribution in [1.29, 1.82) is 0 Å². The number of carboxylic acids is 1. The standard InChI is InChI=1S/C8H16N2O4/c9-4-6(11)2-1-3-7(12)10-5-8(13)14/h6,11H,1-5,9H2,(H,10,12)(H,13,14)/t6-/m1/s1. The van der Waals surface area contributed by atoms with Crippen LogP contribution in [0.15, 0.2) is 0 Å². The van der Waals surface area contributed by atoms with Gasteiger partial charge in [-0.2, -0.15) is 0 Å². The summed E-state index contributed by atoms with van der Waals surface area (Å²) in [5.74, 6) is -1.39. The molecule has 0 aliphatic rings. The topological polar surface area (TPSA) is 113 Å². The molecule has 6 heteroatoms. The zero-order valence-corrected chi connectivity index (χ0v) is 7.90. The van der Waals surface area contributed by atoms with Gasteiger partial charge in [-0.3, -0.25) is 9.59 Å². The number of rotatable bonds is 7. The molecule has 0 rings (SSSR count). The SMILES string of the molecule is NC[C@H](O)CCCC(=O)NCC(=O)O. The van der Waals surface area contributed by atoms with Crippen LogP contribution in [0, 0.1) is 0 Å². The molecule has 1 amide bonds. The highest BCUT2D eigenvalue weighted by atomic mass is 16.4. The number of carbonyl (C=O) groups excluding carboxylic acids is 1. The van der Waals surface area contributed by atoms with Crippen molar-refractivity contribution in [3.63, 3.8) is 0 Å². The molecule has 0 aliphatic heterocycles. The fraction of sp³-hybridized carbons (Fsp3) is 0.750. The summed E-state index contributed by atoms with van der Waals surface area (Å²) in [6.45, 7) is -0.185. The lowest BCUT2D eigenvalue weighted by molar-refractivity contribution is -0.137. The number of hydrogen-bond acceptors (Lipinski definition) is 4. The Bertz CT molecular complexity index is 196. The number of nitrogens with two attached hydrogens (primary N) is 1. The highest BCUT2D eigenvalue weighted by Gasteiger charge is 2.05. The molecule has 82 valence electrons. The summed E-state index contributed by atoms with van der Waals surface area (Å²) in [6.07, 6.45) is 0.591. The lowest BCUT2D eigenvalue weighted by Gasteiger charge is -2.06. The first kappa shape index (κ1) is 12.9. The van der Waals surface area contributed by atoms with Crippen LogP contribution >= 0.6 is 0 Å². The maximum Gasteiger partial charge on any atom is 0.322 e. The summed E-state index contributed by atoms with van der Waals surface area (Å²) in [4.78, 5) is 21.0. The van der Waals surface area contributed by atoms with Crippen LogP contribution in [0.3, 0.4) is 0 Å². The van der Waals surface area contributed by atoms with E-state index in [2.05, 4.69) is 5.32 Å². The maximum absolute atomic E-state index is 10.9. The Hall–Kier alpha value is -1.14. The summed E-state index contributed by atoms with van der Waals surface area (Å²) in [6, 6.07) is 0. The molecule has 0 aliphatic carbocycles. The predicted molar refractivity (Wildman–Crippen MR) is 49.6 cm³/mol. The quantitative estimate of drug-likeness (QED) is 0.410. The zero-order chi connectivity index (χ0) is 11.0. The molecule has 0 heterocycles. The van der Waals surface area contributed by atoms with Gasteiger partial charge in [-0.1, -0.05) is 0 Å². The van der Waals surface area contributed by atoms with Crippen LogP contribution < -0.4 is 11.1 Å². The van der Waals surface area contributed by atoms with Crippen molar-refractivity contribution in [3.05, 3.63) is 0 Å². The van der Waals surface area contributed by atoms with Crippen molar-refractivity contribution in [2.24, 2.45) is 5.73 Å². The van der Waals surface area contributed by atoms with Gasteiger partial charge < -0.3 is 21.3 Å². The normalized spacial score (nSPS) is 12.1. The van der Waals surface area contributed by atoms with Gasteiger partial charge in [0.15, 0.2) is 0 Å². The fourth-order valence-electron chi connectivity index (χ4n) is 0.879. The molecule has 0 fully saturated rings. The largest absolute Gasteiger partial charge is 0.480 e. The molecule has 0 spiro atoms. The van der Waals surface area contributed by atoms with E-state index in [0.717, 1.165) is 0 Å². The number of carboxylic acid groups (broad SMARTS) is 1. The molecule has 0 aromatic carbocycles. The summed E-state index contributed by atoms with van der Waals surface area (Å²) in [5, 5.41) is 19.5. The van der Waals surface area contributed by atoms with E-state index in [1.807, 2.05) is 0 Å². The molecule has 0 bridgehead atoms. The van der Waals surface area contributed by atoms with Crippen molar-refractivity contribution < 1.29 is 19.8 Å². The predicted octanol–water partition coefficient (Wildman–Crippen LogP) is -1.32. The average molecular weight is 204 g/mol. The Morgan fingerprint density at radius 1 is 1.43 bits per heavy atom. The van der Waals surface area contributed by atoms with Crippen LogP contribution in [-0.4, -0.2) is 41.3 Å². The first-order chi connectivity index (χ1) is 6.56. The second kappa shape index (κ2) is 7.28. The van der Waals surface area contributed by atoms with Crippen LogP contribution in [0.4, 0.5) is 0 Å². The van der Waals surface area contributed by atoms with Crippen molar-refractivity contribution in [1.82, 2.24) is 5.32 Å². The first-order valence-electron chi connectivity index (χ1n) is 4.43. The number of hydrogen-bond donors (Lipinski definition) is 4. The molecule has 0 aromatic heterocycles. The van der Waals surface area contributed by atoms with Gasteiger partial charge in [-0.15, -0.1) is 0 Å². The molecule has 0 unspecified atom stereocenters. The van der Waals surface area contributed by atoms with Crippen molar-refractivity contribution >= 4 is 11.9 Å². The molecule has 6 nitrogen and oxygen atoms in total. The Labute approximate surface area is 82.1 Å². The van der Waals surface area contributed by atoms with Gasteiger partial charge in [0.05, 0.1) is 6.10 Å². The number of amides is 1. The molecule has 0 saturated heterocycles. The lowest BCUT2D eigenvalue weighted by atomic mass is 10.1. The van der Waals surface area contributed by atoms with Crippen LogP contribution in [0.2, 0.25) is 0 Å². The first-order valence-corrected chi connectivity index (χ1v) is 4.43. The summed E-state index contributed by atoms with van der Waals surface area (Å²) in [7, 11) is 0. The molecule has 14 heavy (non-hydrogen) atoms. The third-order valence-corrected chi connectivity index (χ3v) is 1.65. The molecule has 5 N–H and O–H groups in total. The van der Waals surface area contributed by atoms with Gasteiger partial charge in [0, 0.05) is 13.0 Å². The van der Waals surface area contributed by atoms with E-state index >= 15 is 0 Å². The van der Waals surface area contributed by atoms with E-state index in [1.54, 1.807) is 0 Å². The molecular formula is C8H16N2O4. The molecule has 0 aromatic rings. The van der Waals surface area contributed by atoms with Crippen molar-refractivity contribution in [2.75, 3.05) is 13.1 Å². The van der Waals surface area contributed by atoms with Gasteiger partial charge in [0.2, 0.25) is 5.91 Å². The smallest absolute Gasteiger partial charge is 0.322 e. The highest BCUT2D eigenvalue weighted by molar-refractivity contribution is 5.80. The number of aliphatic hydroxyl groups is 1. The van der Waals surface area contributed by atoms with E-state index in [9.17, 15) is 9.59 Å². The number of carbonyl (C=O) groups is 2. The third-order valence-electron chi connectivity index (χ3n) is 1.65. The Morgan fingerprint density at radius 3 is 2.57 bits per heavy atom. The summed E-state index contributed by atoms with van der Waals surface area (Å²) in [5.41, 5.74) is 5.16. The van der Waals surface area contributed by atoms with Gasteiger partial charge in [0.1, 0.15) is 6.54 Å². The molecule has 0 radical (unpaired) electrons. The molecule has 0 saturated carbocycles.